The van der Waals surface area contributed by atoms with Gasteiger partial charge < -0.3 is 15.0 Å². The first kappa shape index (κ1) is 29.2. The number of fused-ring (bicyclic) bond motifs is 1. The fourth-order valence-electron chi connectivity index (χ4n) is 4.75. The van der Waals surface area contributed by atoms with E-state index in [1.54, 1.807) is 12.3 Å². The minimum Gasteiger partial charge on any atom is -0.453 e. The first-order valence-corrected chi connectivity index (χ1v) is 14.7. The van der Waals surface area contributed by atoms with Crippen molar-refractivity contribution in [2.24, 2.45) is 0 Å². The van der Waals surface area contributed by atoms with Gasteiger partial charge in [0.1, 0.15) is 17.1 Å². The first-order valence-electron chi connectivity index (χ1n) is 13.9. The highest BCUT2D eigenvalue weighted by molar-refractivity contribution is 7.19. The molecule has 1 fully saturated rings. The van der Waals surface area contributed by atoms with Gasteiger partial charge in [0.15, 0.2) is 11.6 Å². The minimum absolute atomic E-state index is 0.0371. The summed E-state index contributed by atoms with van der Waals surface area (Å²) in [6, 6.07) is 15.8. The molecule has 1 aliphatic heterocycles. The third kappa shape index (κ3) is 6.53. The zero-order chi connectivity index (χ0) is 30.6. The topological polar surface area (TPSA) is 79.7 Å². The largest absolute Gasteiger partial charge is 0.453 e. The van der Waals surface area contributed by atoms with Gasteiger partial charge in [-0.15, -0.1) is 11.3 Å². The number of anilines is 1. The molecule has 1 saturated heterocycles. The highest BCUT2D eigenvalue weighted by atomic mass is 32.1. The Bertz CT molecular complexity index is 1950. The second-order valence-corrected chi connectivity index (χ2v) is 11.3. The Hall–Kier alpha value is -4.89. The van der Waals surface area contributed by atoms with Crippen LogP contribution in [0.15, 0.2) is 83.9 Å². The van der Waals surface area contributed by atoms with Crippen molar-refractivity contribution in [3.05, 3.63) is 112 Å². The number of amides is 1. The number of thiophene rings is 1. The number of carbonyl (C=O) groups excluding carboxylic acids is 1. The van der Waals surface area contributed by atoms with Crippen molar-refractivity contribution < 1.29 is 18.3 Å². The van der Waals surface area contributed by atoms with Crippen molar-refractivity contribution in [2.45, 2.75) is 0 Å². The van der Waals surface area contributed by atoms with Gasteiger partial charge in [-0.3, -0.25) is 24.0 Å². The van der Waals surface area contributed by atoms with Crippen LogP contribution in [0.25, 0.3) is 15.9 Å². The maximum absolute atomic E-state index is 15.1. The summed E-state index contributed by atoms with van der Waals surface area (Å²) in [7, 11) is 2.12. The lowest BCUT2D eigenvalue weighted by Gasteiger charge is -2.30. The van der Waals surface area contributed by atoms with E-state index in [-0.39, 0.29) is 17.0 Å². The van der Waals surface area contributed by atoms with E-state index in [0.29, 0.717) is 23.5 Å². The summed E-state index contributed by atoms with van der Waals surface area (Å²) in [5.74, 6) is 5.01. The molecule has 0 spiro atoms. The van der Waals surface area contributed by atoms with Gasteiger partial charge in [0.2, 0.25) is 0 Å². The molecule has 0 bridgehead atoms. The fourth-order valence-corrected chi connectivity index (χ4v) is 5.69. The van der Waals surface area contributed by atoms with Gasteiger partial charge in [-0.25, -0.2) is 8.78 Å². The second-order valence-electron chi connectivity index (χ2n) is 10.3. The van der Waals surface area contributed by atoms with E-state index in [2.05, 4.69) is 39.0 Å². The molecule has 1 amide bonds. The van der Waals surface area contributed by atoms with Crippen LogP contribution in [-0.4, -0.2) is 65.0 Å². The van der Waals surface area contributed by atoms with Crippen molar-refractivity contribution in [2.75, 3.05) is 45.1 Å². The van der Waals surface area contributed by atoms with Crippen LogP contribution in [0.5, 0.6) is 11.5 Å². The van der Waals surface area contributed by atoms with Gasteiger partial charge >= 0.3 is 0 Å². The molecule has 1 N–H and O–H groups in total. The van der Waals surface area contributed by atoms with E-state index >= 15 is 4.39 Å². The van der Waals surface area contributed by atoms with Crippen LogP contribution in [-0.2, 0) is 0 Å². The van der Waals surface area contributed by atoms with Crippen LogP contribution < -0.4 is 15.6 Å². The van der Waals surface area contributed by atoms with Gasteiger partial charge in [0.05, 0.1) is 21.6 Å². The summed E-state index contributed by atoms with van der Waals surface area (Å²) in [5.41, 5.74) is 0.495. The molecule has 222 valence electrons. The van der Waals surface area contributed by atoms with Crippen LogP contribution in [0.3, 0.4) is 0 Å². The average molecular weight is 612 g/mol. The molecule has 0 atom stereocenters. The summed E-state index contributed by atoms with van der Waals surface area (Å²) < 4.78 is 36.4. The lowest BCUT2D eigenvalue weighted by molar-refractivity contribution is 0.102. The van der Waals surface area contributed by atoms with Gasteiger partial charge in [-0.1, -0.05) is 11.8 Å². The molecule has 0 radical (unpaired) electrons. The van der Waals surface area contributed by atoms with Gasteiger partial charge in [0.25, 0.3) is 11.5 Å². The van der Waals surface area contributed by atoms with Crippen molar-refractivity contribution in [3.63, 3.8) is 0 Å². The Labute approximate surface area is 256 Å². The van der Waals surface area contributed by atoms with Crippen LogP contribution in [0.2, 0.25) is 0 Å². The SMILES string of the molecule is CN1CCN(CC#Cc2cc3nccc(Oc4ccc(NC(=O)c5cccn(-c6ccc(F)cc6)c5=O)cc4F)c3s2)CC1. The second kappa shape index (κ2) is 12.8. The number of benzene rings is 2. The van der Waals surface area contributed by atoms with Crippen LogP contribution in [0.1, 0.15) is 15.2 Å². The van der Waals surface area contributed by atoms with Crippen LogP contribution in [0, 0.1) is 23.5 Å². The van der Waals surface area contributed by atoms with E-state index in [4.69, 9.17) is 4.74 Å². The van der Waals surface area contributed by atoms with Crippen molar-refractivity contribution >= 4 is 33.1 Å². The molecule has 5 aromatic rings. The van der Waals surface area contributed by atoms with Gasteiger partial charge in [-0.05, 0) is 61.6 Å². The predicted octanol–water partition coefficient (Wildman–Crippen LogP) is 5.37. The molecular formula is C33H27F2N5O3S. The zero-order valence-electron chi connectivity index (χ0n) is 23.7. The van der Waals surface area contributed by atoms with Gasteiger partial charge in [-0.2, -0.15) is 0 Å². The van der Waals surface area contributed by atoms with E-state index in [1.807, 2.05) is 6.07 Å². The molecule has 8 nitrogen and oxygen atoms in total. The summed E-state index contributed by atoms with van der Waals surface area (Å²) in [4.78, 5) is 35.8. The highest BCUT2D eigenvalue weighted by Gasteiger charge is 2.16. The standard InChI is InChI=1S/C33H27F2N5O3S/c1-38-16-18-39(19-17-38)14-2-4-25-21-28-31(44-25)30(12-13-36-28)43-29-11-8-23(20-27(29)35)37-32(41)26-5-3-15-40(33(26)42)24-9-6-22(34)7-10-24/h3,5-13,15,20-21H,14,16-19H2,1H3,(H,37,41). The molecule has 6 rings (SSSR count). The minimum atomic E-state index is -0.713. The van der Waals surface area contributed by atoms with E-state index < -0.39 is 23.1 Å². The third-order valence-electron chi connectivity index (χ3n) is 7.19. The molecule has 3 aromatic heterocycles. The quantitative estimate of drug-likeness (QED) is 0.260. The number of aromatic nitrogens is 2. The zero-order valence-corrected chi connectivity index (χ0v) is 24.5. The smallest absolute Gasteiger partial charge is 0.267 e. The summed E-state index contributed by atoms with van der Waals surface area (Å²) in [5, 5.41) is 2.56. The normalized spacial score (nSPS) is 13.8. The fraction of sp³-hybridized carbons (Fsp3) is 0.182. The highest BCUT2D eigenvalue weighted by Crippen LogP contribution is 2.36. The van der Waals surface area contributed by atoms with Crippen molar-refractivity contribution in [1.29, 1.82) is 0 Å². The number of ether oxygens (including phenoxy) is 1. The summed E-state index contributed by atoms with van der Waals surface area (Å²) in [6.45, 7) is 4.75. The number of nitrogens with zero attached hydrogens (tertiary/aromatic N) is 4. The average Bonchev–Trinajstić information content (AvgIpc) is 3.44. The monoisotopic (exact) mass is 611 g/mol. The Morgan fingerprint density at radius 2 is 1.82 bits per heavy atom. The Morgan fingerprint density at radius 3 is 2.59 bits per heavy atom. The van der Waals surface area contributed by atoms with Crippen LogP contribution in [0.4, 0.5) is 14.5 Å². The maximum Gasteiger partial charge on any atom is 0.267 e. The molecule has 44 heavy (non-hydrogen) atoms. The van der Waals surface area contributed by atoms with E-state index in [9.17, 15) is 14.0 Å². The lowest BCUT2D eigenvalue weighted by atomic mass is 10.2. The predicted molar refractivity (Wildman–Crippen MR) is 167 cm³/mol. The van der Waals surface area contributed by atoms with Crippen LogP contribution >= 0.6 is 11.3 Å². The molecule has 2 aromatic carbocycles. The Kier molecular flexibility index (Phi) is 8.47. The van der Waals surface area contributed by atoms with Crippen molar-refractivity contribution in [1.82, 2.24) is 19.4 Å². The number of likely N-dealkylation sites (N-methyl/N-ethyl adjacent to an activating group) is 1. The number of hydrogen-bond acceptors (Lipinski definition) is 7. The van der Waals surface area contributed by atoms with Gasteiger partial charge in [0, 0.05) is 62.1 Å². The molecule has 0 aliphatic carbocycles. The number of nitrogens with one attached hydrogen (secondary N) is 1. The van der Waals surface area contributed by atoms with E-state index in [0.717, 1.165) is 41.8 Å². The molecule has 0 unspecified atom stereocenters. The Balaban J connectivity index is 1.15. The van der Waals surface area contributed by atoms with Crippen molar-refractivity contribution in [3.8, 4) is 29.0 Å². The number of pyridine rings is 2. The number of carbonyl (C=O) groups is 1. The number of piperazine rings is 1. The number of rotatable bonds is 6. The Morgan fingerprint density at radius 1 is 1.02 bits per heavy atom. The molecule has 11 heteroatoms. The molecule has 0 saturated carbocycles. The summed E-state index contributed by atoms with van der Waals surface area (Å²) >= 11 is 1.43. The number of hydrogen-bond donors (Lipinski definition) is 1. The van der Waals surface area contributed by atoms with E-state index in [1.165, 1.54) is 70.6 Å². The number of halogens is 2. The molecule has 4 heterocycles. The molecular weight excluding hydrogens is 584 g/mol. The molecule has 1 aliphatic rings. The lowest BCUT2D eigenvalue weighted by Crippen LogP contribution is -2.44. The summed E-state index contributed by atoms with van der Waals surface area (Å²) in [6.07, 6.45) is 3.07. The third-order valence-corrected chi connectivity index (χ3v) is 8.25. The maximum atomic E-state index is 15.1. The first-order chi connectivity index (χ1) is 21.3.